The Balaban J connectivity index is 1.67. The summed E-state index contributed by atoms with van der Waals surface area (Å²) >= 11 is 0. The van der Waals surface area contributed by atoms with Crippen molar-refractivity contribution in [2.24, 2.45) is 17.3 Å². The number of fused-ring (bicyclic) bond motifs is 5. The van der Waals surface area contributed by atoms with Crippen LogP contribution in [0.1, 0.15) is 80.3 Å². The van der Waals surface area contributed by atoms with E-state index in [0.29, 0.717) is 17.8 Å². The first kappa shape index (κ1) is 19.9. The largest absolute Gasteiger partial charge is 0.478 e. The number of carbonyl (C=O) groups excluding carboxylic acids is 2. The SMILES string of the molecule is CC(=O)Oc1cc2c(cc1C(=O)O)[C@H]1CC[C@]3(C)[C@@H](OC(C)=O)CC[C@H]3[C@@H]1CC2. The van der Waals surface area contributed by atoms with Gasteiger partial charge in [-0.1, -0.05) is 6.92 Å². The van der Waals surface area contributed by atoms with E-state index < -0.39 is 11.9 Å². The standard InChI is InChI=1S/C23H28O6/c1-12(24)28-20-10-14-4-5-16-15(17(14)11-18(20)22(26)27)8-9-23(3)19(16)6-7-21(23)29-13(2)25/h10-11,15-16,19,21H,4-9H2,1-3H3,(H,26,27)/t15-,16+,19-,21-,23-/m0/s1. The molecule has 0 amide bonds. The molecule has 1 N–H and O–H groups in total. The molecule has 0 bridgehead atoms. The van der Waals surface area contributed by atoms with Crippen molar-refractivity contribution < 1.29 is 29.0 Å². The normalized spacial score (nSPS) is 32.5. The molecule has 0 radical (unpaired) electrons. The average molecular weight is 400 g/mol. The third-order valence-electron chi connectivity index (χ3n) is 7.53. The lowest BCUT2D eigenvalue weighted by molar-refractivity contribution is -0.154. The molecule has 0 aliphatic heterocycles. The lowest BCUT2D eigenvalue weighted by Crippen LogP contribution is -2.45. The Morgan fingerprint density at radius 2 is 1.83 bits per heavy atom. The molecule has 6 nitrogen and oxygen atoms in total. The van der Waals surface area contributed by atoms with Crippen molar-refractivity contribution in [1.29, 1.82) is 0 Å². The number of rotatable bonds is 3. The highest BCUT2D eigenvalue weighted by molar-refractivity contribution is 5.92. The fourth-order valence-electron chi connectivity index (χ4n) is 6.35. The first-order chi connectivity index (χ1) is 13.7. The summed E-state index contributed by atoms with van der Waals surface area (Å²) in [5, 5.41) is 9.65. The molecule has 5 atom stereocenters. The number of benzene rings is 1. The highest BCUT2D eigenvalue weighted by Gasteiger charge is 2.56. The Morgan fingerprint density at radius 1 is 1.07 bits per heavy atom. The molecule has 0 unspecified atom stereocenters. The monoisotopic (exact) mass is 400 g/mol. The predicted octanol–water partition coefficient (Wildman–Crippen LogP) is 4.10. The molecule has 1 aromatic rings. The molecule has 0 saturated heterocycles. The third kappa shape index (κ3) is 3.32. The van der Waals surface area contributed by atoms with E-state index in [0.717, 1.165) is 49.7 Å². The van der Waals surface area contributed by atoms with Gasteiger partial charge in [0.2, 0.25) is 0 Å². The van der Waals surface area contributed by atoms with Gasteiger partial charge in [0.15, 0.2) is 0 Å². The molecule has 3 aliphatic carbocycles. The predicted molar refractivity (Wildman–Crippen MR) is 105 cm³/mol. The van der Waals surface area contributed by atoms with Gasteiger partial charge in [0.05, 0.1) is 0 Å². The van der Waals surface area contributed by atoms with Crippen LogP contribution in [0.25, 0.3) is 0 Å². The van der Waals surface area contributed by atoms with Gasteiger partial charge in [0.25, 0.3) is 0 Å². The minimum absolute atomic E-state index is 0.00233. The minimum atomic E-state index is -1.08. The van der Waals surface area contributed by atoms with E-state index in [1.54, 1.807) is 12.1 Å². The summed E-state index contributed by atoms with van der Waals surface area (Å²) in [5.41, 5.74) is 2.23. The summed E-state index contributed by atoms with van der Waals surface area (Å²) in [7, 11) is 0. The van der Waals surface area contributed by atoms with Gasteiger partial charge in [0, 0.05) is 19.3 Å². The summed E-state index contributed by atoms with van der Waals surface area (Å²) in [4.78, 5) is 34.7. The number of hydrogen-bond donors (Lipinski definition) is 1. The fourth-order valence-corrected chi connectivity index (χ4v) is 6.35. The first-order valence-electron chi connectivity index (χ1n) is 10.5. The molecule has 1 aromatic carbocycles. The van der Waals surface area contributed by atoms with Crippen LogP contribution in [0, 0.1) is 17.3 Å². The lowest BCUT2D eigenvalue weighted by atomic mass is 9.55. The molecule has 0 aromatic heterocycles. The van der Waals surface area contributed by atoms with Crippen LogP contribution in [0.3, 0.4) is 0 Å². The molecular formula is C23H28O6. The van der Waals surface area contributed by atoms with E-state index in [9.17, 15) is 19.5 Å². The number of carboxylic acid groups (broad SMARTS) is 1. The number of hydrogen-bond acceptors (Lipinski definition) is 5. The van der Waals surface area contributed by atoms with Crippen LogP contribution in [-0.2, 0) is 20.7 Å². The number of esters is 2. The van der Waals surface area contributed by atoms with Gasteiger partial charge in [-0.2, -0.15) is 0 Å². The maximum Gasteiger partial charge on any atom is 0.339 e. The zero-order valence-electron chi connectivity index (χ0n) is 17.2. The zero-order valence-corrected chi connectivity index (χ0v) is 17.2. The van der Waals surface area contributed by atoms with Gasteiger partial charge < -0.3 is 14.6 Å². The Kier molecular flexibility index (Phi) is 4.91. The van der Waals surface area contributed by atoms with E-state index >= 15 is 0 Å². The van der Waals surface area contributed by atoms with Gasteiger partial charge in [-0.25, -0.2) is 4.79 Å². The molecule has 0 heterocycles. The molecule has 3 aliphatic rings. The van der Waals surface area contributed by atoms with E-state index in [1.165, 1.54) is 13.8 Å². The van der Waals surface area contributed by atoms with Gasteiger partial charge in [0.1, 0.15) is 17.4 Å². The first-order valence-corrected chi connectivity index (χ1v) is 10.5. The smallest absolute Gasteiger partial charge is 0.339 e. The van der Waals surface area contributed by atoms with Crippen molar-refractivity contribution in [2.45, 2.75) is 71.3 Å². The molecule has 2 fully saturated rings. The molecule has 4 rings (SSSR count). The van der Waals surface area contributed by atoms with Crippen LogP contribution in [0.4, 0.5) is 0 Å². The summed E-state index contributed by atoms with van der Waals surface area (Å²) in [6, 6.07) is 3.48. The molecule has 29 heavy (non-hydrogen) atoms. The molecule has 156 valence electrons. The Morgan fingerprint density at radius 3 is 2.48 bits per heavy atom. The average Bonchev–Trinajstić information content (AvgIpc) is 2.96. The summed E-state index contributed by atoms with van der Waals surface area (Å²) < 4.78 is 10.8. The second kappa shape index (κ2) is 7.15. The van der Waals surface area contributed by atoms with E-state index in [1.807, 2.05) is 0 Å². The summed E-state index contributed by atoms with van der Waals surface area (Å²) in [6.45, 7) is 5.02. The quantitative estimate of drug-likeness (QED) is 0.607. The van der Waals surface area contributed by atoms with Gasteiger partial charge in [-0.05, 0) is 79.5 Å². The Bertz CT molecular complexity index is 874. The van der Waals surface area contributed by atoms with Crippen LogP contribution >= 0.6 is 0 Å². The topological polar surface area (TPSA) is 89.9 Å². The molecular weight excluding hydrogens is 372 g/mol. The summed E-state index contributed by atoms with van der Waals surface area (Å²) in [5.74, 6) is -0.434. The van der Waals surface area contributed by atoms with Crippen molar-refractivity contribution >= 4 is 17.9 Å². The highest BCUT2D eigenvalue weighted by atomic mass is 16.5. The number of aryl methyl sites for hydroxylation is 1. The van der Waals surface area contributed by atoms with Crippen molar-refractivity contribution in [3.8, 4) is 5.75 Å². The van der Waals surface area contributed by atoms with Crippen LogP contribution < -0.4 is 4.74 Å². The number of aromatic carboxylic acids is 1. The number of carbonyl (C=O) groups is 3. The van der Waals surface area contributed by atoms with Gasteiger partial charge in [-0.15, -0.1) is 0 Å². The maximum absolute atomic E-state index is 11.8. The van der Waals surface area contributed by atoms with Crippen molar-refractivity contribution in [2.75, 3.05) is 0 Å². The maximum atomic E-state index is 11.8. The van der Waals surface area contributed by atoms with Crippen LogP contribution in [-0.4, -0.2) is 29.1 Å². The third-order valence-corrected chi connectivity index (χ3v) is 7.53. The lowest BCUT2D eigenvalue weighted by Gasteiger charge is -2.50. The van der Waals surface area contributed by atoms with Gasteiger partial charge in [-0.3, -0.25) is 9.59 Å². The van der Waals surface area contributed by atoms with E-state index in [2.05, 4.69) is 6.92 Å². The van der Waals surface area contributed by atoms with Crippen LogP contribution in [0.15, 0.2) is 12.1 Å². The van der Waals surface area contributed by atoms with Crippen molar-refractivity contribution in [3.63, 3.8) is 0 Å². The van der Waals surface area contributed by atoms with E-state index in [-0.39, 0.29) is 28.8 Å². The number of ether oxygens (including phenoxy) is 2. The summed E-state index contributed by atoms with van der Waals surface area (Å²) in [6.07, 6.45) is 5.71. The van der Waals surface area contributed by atoms with Gasteiger partial charge >= 0.3 is 17.9 Å². The van der Waals surface area contributed by atoms with Crippen molar-refractivity contribution in [1.82, 2.24) is 0 Å². The Hall–Kier alpha value is -2.37. The van der Waals surface area contributed by atoms with E-state index in [4.69, 9.17) is 9.47 Å². The van der Waals surface area contributed by atoms with Crippen LogP contribution in [0.5, 0.6) is 5.75 Å². The van der Waals surface area contributed by atoms with Crippen LogP contribution in [0.2, 0.25) is 0 Å². The fraction of sp³-hybridized carbons (Fsp3) is 0.609. The molecule has 6 heteroatoms. The van der Waals surface area contributed by atoms with Crippen molar-refractivity contribution in [3.05, 3.63) is 28.8 Å². The molecule has 0 spiro atoms. The zero-order chi connectivity index (χ0) is 20.9. The minimum Gasteiger partial charge on any atom is -0.478 e. The highest BCUT2D eigenvalue weighted by Crippen LogP contribution is 2.61. The molecule has 2 saturated carbocycles. The second-order valence-corrected chi connectivity index (χ2v) is 9.08. The second-order valence-electron chi connectivity index (χ2n) is 9.08. The number of carboxylic acids is 1. The Labute approximate surface area is 170 Å².